The number of pyridine rings is 3. The standard InChI is InChI=1S/3C39H28N4/c1-39(2)31-16-8-6-14-28(31)30-24-35-36(41-37(30)39)29-15-7-10-18-33(29)42(35)27-22-20-25(21-23-27)38-40-32-17-9-11-19-34(32)43(38)26-12-4-3-5-13-26;1-39(2)31-14-7-6-13-28(31)29-24-36-30(23-32(29)39)37-35(17-10-22-40-37)42(36)27-20-18-25(19-21-27)38-41-33-15-8-9-16-34(33)43(38)26-11-4-3-5-12-26;1-39(2)32-13-7-6-12-28(32)29-23-37-30(22-33(29)39)31-24-40-21-20-35(31)42(37)27-18-16-25(17-19-27)38-41-34-14-8-9-15-36(34)43(38)26-10-4-3-5-11-26/h3*3-24H,1-2H3. The van der Waals surface area contributed by atoms with Gasteiger partial charge in [-0.3, -0.25) is 23.7 Å². The van der Waals surface area contributed by atoms with Gasteiger partial charge < -0.3 is 13.7 Å². The summed E-state index contributed by atoms with van der Waals surface area (Å²) in [5.74, 6) is 2.79. The van der Waals surface area contributed by atoms with E-state index in [4.69, 9.17) is 24.9 Å². The van der Waals surface area contributed by atoms with Gasteiger partial charge in [0.15, 0.2) is 0 Å². The molecule has 15 aromatic carbocycles. The highest BCUT2D eigenvalue weighted by Crippen LogP contribution is 2.55. The summed E-state index contributed by atoms with van der Waals surface area (Å²) in [5.41, 5.74) is 40.6. The van der Waals surface area contributed by atoms with E-state index in [9.17, 15) is 0 Å². The van der Waals surface area contributed by atoms with Gasteiger partial charge in [0, 0.05) is 113 Å². The number of benzene rings is 15. The zero-order chi connectivity index (χ0) is 86.1. The van der Waals surface area contributed by atoms with Crippen molar-refractivity contribution in [3.8, 4) is 102 Å². The summed E-state index contributed by atoms with van der Waals surface area (Å²) in [6, 6.07) is 136. The Bertz CT molecular complexity index is 7870. The smallest absolute Gasteiger partial charge is 0.145 e. The number of para-hydroxylation sites is 10. The number of hydrogen-bond acceptors (Lipinski definition) is 6. The maximum atomic E-state index is 5.40. The Hall–Kier alpha value is -16.4. The van der Waals surface area contributed by atoms with Crippen molar-refractivity contribution in [1.82, 2.24) is 57.3 Å². The number of rotatable bonds is 9. The van der Waals surface area contributed by atoms with Crippen LogP contribution in [-0.4, -0.2) is 57.3 Å². The predicted molar refractivity (Wildman–Crippen MR) is 529 cm³/mol. The fourth-order valence-electron chi connectivity index (χ4n) is 21.3. The number of hydrogen-bond donors (Lipinski definition) is 0. The van der Waals surface area contributed by atoms with E-state index in [1.54, 1.807) is 0 Å². The lowest BCUT2D eigenvalue weighted by atomic mass is 9.82. The first kappa shape index (κ1) is 75.1. The van der Waals surface area contributed by atoms with Gasteiger partial charge in [-0.25, -0.2) is 19.9 Å². The van der Waals surface area contributed by atoms with Crippen LogP contribution in [0.25, 0.3) is 200 Å². The molecule has 9 heterocycles. The molecule has 12 nitrogen and oxygen atoms in total. The highest BCUT2D eigenvalue weighted by Gasteiger charge is 2.40. The predicted octanol–water partition coefficient (Wildman–Crippen LogP) is 28.5. The molecule has 0 N–H and O–H groups in total. The van der Waals surface area contributed by atoms with Crippen LogP contribution in [0.3, 0.4) is 0 Å². The molecule has 12 heteroatoms. The zero-order valence-corrected chi connectivity index (χ0v) is 72.0. The van der Waals surface area contributed by atoms with Crippen molar-refractivity contribution < 1.29 is 0 Å². The molecule has 0 amide bonds. The Balaban J connectivity index is 0.000000105. The topological polar surface area (TPSA) is 107 Å². The molecule has 0 saturated heterocycles. The van der Waals surface area contributed by atoms with Gasteiger partial charge in [-0.1, -0.05) is 224 Å². The molecule has 3 aliphatic carbocycles. The maximum absolute atomic E-state index is 5.40. The summed E-state index contributed by atoms with van der Waals surface area (Å²) >= 11 is 0. The first-order chi connectivity index (χ1) is 63.3. The second-order valence-electron chi connectivity index (χ2n) is 35.8. The van der Waals surface area contributed by atoms with Crippen LogP contribution in [0.2, 0.25) is 0 Å². The third-order valence-corrected chi connectivity index (χ3v) is 27.5. The van der Waals surface area contributed by atoms with Crippen molar-refractivity contribution in [2.75, 3.05) is 0 Å². The van der Waals surface area contributed by atoms with Crippen LogP contribution in [-0.2, 0) is 16.2 Å². The van der Waals surface area contributed by atoms with Gasteiger partial charge in [0.05, 0.1) is 82.9 Å². The second-order valence-corrected chi connectivity index (χ2v) is 35.8. The molecule has 0 aliphatic heterocycles. The Kier molecular flexibility index (Phi) is 16.8. The molecule has 3 aliphatic rings. The molecule has 0 saturated carbocycles. The van der Waals surface area contributed by atoms with Crippen molar-refractivity contribution in [1.29, 1.82) is 0 Å². The van der Waals surface area contributed by atoms with E-state index in [1.807, 2.05) is 61.1 Å². The Morgan fingerprint density at radius 1 is 0.209 bits per heavy atom. The Morgan fingerprint density at radius 2 is 0.566 bits per heavy atom. The van der Waals surface area contributed by atoms with Crippen molar-refractivity contribution in [3.05, 3.63) is 434 Å². The third kappa shape index (κ3) is 11.5. The Labute approximate surface area is 744 Å². The van der Waals surface area contributed by atoms with Gasteiger partial charge in [-0.05, 0) is 256 Å². The van der Waals surface area contributed by atoms with Crippen molar-refractivity contribution in [2.45, 2.75) is 57.8 Å². The highest BCUT2D eigenvalue weighted by molar-refractivity contribution is 6.13. The summed E-state index contributed by atoms with van der Waals surface area (Å²) in [6.45, 7) is 13.9. The van der Waals surface area contributed by atoms with Crippen LogP contribution in [0.15, 0.2) is 401 Å². The fourth-order valence-corrected chi connectivity index (χ4v) is 21.3. The van der Waals surface area contributed by atoms with E-state index in [1.165, 1.54) is 93.8 Å². The first-order valence-electron chi connectivity index (χ1n) is 44.3. The minimum atomic E-state index is -0.144. The zero-order valence-electron chi connectivity index (χ0n) is 72.0. The lowest BCUT2D eigenvalue weighted by Gasteiger charge is -2.21. The molecule has 27 rings (SSSR count). The summed E-state index contributed by atoms with van der Waals surface area (Å²) in [7, 11) is 0. The van der Waals surface area contributed by atoms with E-state index < -0.39 is 0 Å². The van der Waals surface area contributed by atoms with E-state index in [2.05, 4.69) is 414 Å². The van der Waals surface area contributed by atoms with E-state index >= 15 is 0 Å². The molecule has 0 unspecified atom stereocenters. The number of aromatic nitrogens is 12. The van der Waals surface area contributed by atoms with Crippen LogP contribution in [0.4, 0.5) is 0 Å². The SMILES string of the molecule is CC1(C)c2ccccc2-c2cc3c(cc21)c1cnccc1n3-c1ccc(-c2nc3ccccc3n2-c2ccccc2)cc1.CC1(C)c2ccccc2-c2cc3c(cc21)c1ncccc1n3-c1ccc(-c2nc3ccccc3n2-c2ccccc2)cc1.CC1(C)c2ccccc2-c2cc3c(nc21)c1ccccc1n3-c1ccc(-c2nc3ccccc3n2-c2ccccc2)cc1. The average molecular weight is 1660 g/mol. The van der Waals surface area contributed by atoms with Crippen LogP contribution >= 0.6 is 0 Å². The molecule has 24 aromatic rings. The lowest BCUT2D eigenvalue weighted by Crippen LogP contribution is -2.16. The minimum absolute atomic E-state index is 0.0530. The monoisotopic (exact) mass is 1660 g/mol. The maximum Gasteiger partial charge on any atom is 0.145 e. The number of nitrogens with zero attached hydrogens (tertiary/aromatic N) is 12. The van der Waals surface area contributed by atoms with Crippen molar-refractivity contribution in [3.63, 3.8) is 0 Å². The van der Waals surface area contributed by atoms with Crippen molar-refractivity contribution >= 4 is 98.8 Å². The molecule has 0 radical (unpaired) electrons. The number of fused-ring (bicyclic) bond motifs is 21. The normalized spacial score (nSPS) is 13.5. The molecule has 612 valence electrons. The van der Waals surface area contributed by atoms with E-state index in [0.717, 1.165) is 140 Å². The van der Waals surface area contributed by atoms with E-state index in [-0.39, 0.29) is 16.2 Å². The quantitative estimate of drug-likeness (QED) is 0.142. The van der Waals surface area contributed by atoms with Gasteiger partial charge in [-0.15, -0.1) is 0 Å². The average Bonchev–Trinajstić information content (AvgIpc) is 1.56. The van der Waals surface area contributed by atoms with Gasteiger partial charge in [-0.2, -0.15) is 0 Å². The van der Waals surface area contributed by atoms with Gasteiger partial charge in [0.2, 0.25) is 0 Å². The molecular formula is C117H84N12. The molecule has 129 heavy (non-hydrogen) atoms. The molecule has 0 fully saturated rings. The Morgan fingerprint density at radius 3 is 1.05 bits per heavy atom. The minimum Gasteiger partial charge on any atom is -0.309 e. The molecule has 0 bridgehead atoms. The molecule has 9 aromatic heterocycles. The van der Waals surface area contributed by atoms with Gasteiger partial charge in [0.1, 0.15) is 17.5 Å². The highest BCUT2D eigenvalue weighted by atomic mass is 15.1. The van der Waals surface area contributed by atoms with Crippen molar-refractivity contribution in [2.24, 2.45) is 0 Å². The van der Waals surface area contributed by atoms with E-state index in [0.29, 0.717) is 0 Å². The summed E-state index contributed by atoms with van der Waals surface area (Å²) in [6.07, 6.45) is 5.80. The van der Waals surface area contributed by atoms with Gasteiger partial charge >= 0.3 is 0 Å². The third-order valence-electron chi connectivity index (χ3n) is 27.5. The largest absolute Gasteiger partial charge is 0.309 e. The number of imidazole rings is 3. The summed E-state index contributed by atoms with van der Waals surface area (Å²) in [4.78, 5) is 30.0. The van der Waals surface area contributed by atoms with Gasteiger partial charge in [0.25, 0.3) is 0 Å². The lowest BCUT2D eigenvalue weighted by molar-refractivity contribution is 0.640. The van der Waals surface area contributed by atoms with Crippen LogP contribution < -0.4 is 0 Å². The molecular weight excluding hydrogens is 1570 g/mol. The first-order valence-corrected chi connectivity index (χ1v) is 44.3. The molecule has 0 atom stereocenters. The molecule has 0 spiro atoms. The van der Waals surface area contributed by atoms with Crippen LogP contribution in [0.1, 0.15) is 75.1 Å². The van der Waals surface area contributed by atoms with Crippen LogP contribution in [0.5, 0.6) is 0 Å². The van der Waals surface area contributed by atoms with Crippen LogP contribution in [0, 0.1) is 0 Å². The summed E-state index contributed by atoms with van der Waals surface area (Å²) < 4.78 is 13.8. The second kappa shape index (κ2) is 28.8. The summed E-state index contributed by atoms with van der Waals surface area (Å²) in [5, 5.41) is 4.76. The fraction of sp³-hybridized carbons (Fsp3) is 0.0769.